The highest BCUT2D eigenvalue weighted by atomic mass is 16.3. The first kappa shape index (κ1) is 17.7. The van der Waals surface area contributed by atoms with E-state index in [9.17, 15) is 9.90 Å². The van der Waals surface area contributed by atoms with Crippen molar-refractivity contribution in [1.29, 1.82) is 0 Å². The molecule has 0 radical (unpaired) electrons. The van der Waals surface area contributed by atoms with Crippen LogP contribution in [0.25, 0.3) is 11.1 Å². The van der Waals surface area contributed by atoms with Crippen molar-refractivity contribution in [3.63, 3.8) is 0 Å². The second-order valence-corrected chi connectivity index (χ2v) is 6.56. The third-order valence-corrected chi connectivity index (χ3v) is 4.35. The fourth-order valence-corrected chi connectivity index (χ4v) is 2.75. The van der Waals surface area contributed by atoms with Crippen molar-refractivity contribution in [2.24, 2.45) is 0 Å². The summed E-state index contributed by atoms with van der Waals surface area (Å²) in [6, 6.07) is 16.6. The van der Waals surface area contributed by atoms with Crippen molar-refractivity contribution >= 4 is 5.91 Å². The summed E-state index contributed by atoms with van der Waals surface area (Å²) >= 11 is 0. The minimum Gasteiger partial charge on any atom is -0.508 e. The van der Waals surface area contributed by atoms with Gasteiger partial charge in [0.05, 0.1) is 6.04 Å². The number of aromatic hydroxyl groups is 1. The molecule has 3 rings (SSSR count). The van der Waals surface area contributed by atoms with Crippen LogP contribution in [0, 0.1) is 13.8 Å². The van der Waals surface area contributed by atoms with Gasteiger partial charge in [-0.25, -0.2) is 0 Å². The summed E-state index contributed by atoms with van der Waals surface area (Å²) in [5.41, 5.74) is 5.21. The van der Waals surface area contributed by atoms with Gasteiger partial charge in [0.2, 0.25) is 0 Å². The van der Waals surface area contributed by atoms with Crippen molar-refractivity contribution < 1.29 is 9.90 Å². The average molecular weight is 346 g/mol. The normalized spacial score (nSPS) is 11.8. The fourth-order valence-electron chi connectivity index (χ4n) is 2.75. The molecule has 0 unspecified atom stereocenters. The van der Waals surface area contributed by atoms with Crippen LogP contribution < -0.4 is 5.32 Å². The number of phenolic OH excluding ortho intramolecular Hbond substituents is 1. The van der Waals surface area contributed by atoms with E-state index in [1.807, 2.05) is 57.2 Å². The van der Waals surface area contributed by atoms with Crippen LogP contribution in [0.5, 0.6) is 5.75 Å². The molecular weight excluding hydrogens is 324 g/mol. The zero-order valence-electron chi connectivity index (χ0n) is 15.2. The Hall–Kier alpha value is -3.14. The van der Waals surface area contributed by atoms with Gasteiger partial charge in [0.15, 0.2) is 0 Å². The molecule has 0 spiro atoms. The van der Waals surface area contributed by atoms with E-state index in [0.717, 1.165) is 27.9 Å². The number of aromatic nitrogens is 1. The highest BCUT2D eigenvalue weighted by Gasteiger charge is 2.14. The molecule has 4 nitrogen and oxygen atoms in total. The van der Waals surface area contributed by atoms with Crippen LogP contribution in [0.15, 0.2) is 60.8 Å². The molecule has 3 aromatic rings. The molecule has 0 fully saturated rings. The Morgan fingerprint density at radius 3 is 2.38 bits per heavy atom. The first-order chi connectivity index (χ1) is 12.4. The van der Waals surface area contributed by atoms with Gasteiger partial charge < -0.3 is 10.4 Å². The van der Waals surface area contributed by atoms with E-state index in [0.29, 0.717) is 5.56 Å². The minimum absolute atomic E-state index is 0.0675. The number of carbonyl (C=O) groups is 1. The Bertz CT molecular complexity index is 916. The minimum atomic E-state index is -0.234. The number of rotatable bonds is 4. The standard InChI is InChI=1S/C22H22N2O2/c1-14-4-7-17(8-5-14)19-10-20(12-21(25)11-19)22(26)24-16(3)18-9-6-15(2)23-13-18/h4-13,16,25H,1-3H3,(H,24,26)/t16-/m1/s1. The third kappa shape index (κ3) is 4.09. The molecule has 4 heteroatoms. The number of aryl methyl sites for hydroxylation is 2. The van der Waals surface area contributed by atoms with Crippen LogP contribution in [0.4, 0.5) is 0 Å². The second-order valence-electron chi connectivity index (χ2n) is 6.56. The first-order valence-electron chi connectivity index (χ1n) is 8.57. The Morgan fingerprint density at radius 2 is 1.73 bits per heavy atom. The van der Waals surface area contributed by atoms with Crippen LogP contribution in [0.3, 0.4) is 0 Å². The van der Waals surface area contributed by atoms with E-state index in [4.69, 9.17) is 0 Å². The van der Waals surface area contributed by atoms with E-state index in [1.54, 1.807) is 18.3 Å². The second kappa shape index (κ2) is 7.40. The van der Waals surface area contributed by atoms with Crippen molar-refractivity contribution in [2.75, 3.05) is 0 Å². The van der Waals surface area contributed by atoms with Crippen molar-refractivity contribution in [3.8, 4) is 16.9 Å². The Morgan fingerprint density at radius 1 is 1.00 bits per heavy atom. The summed E-state index contributed by atoms with van der Waals surface area (Å²) in [7, 11) is 0. The summed E-state index contributed by atoms with van der Waals surface area (Å²) < 4.78 is 0. The zero-order chi connectivity index (χ0) is 18.7. The molecule has 2 aromatic carbocycles. The van der Waals surface area contributed by atoms with Gasteiger partial charge in [0, 0.05) is 17.5 Å². The summed E-state index contributed by atoms with van der Waals surface area (Å²) in [4.78, 5) is 16.9. The summed E-state index contributed by atoms with van der Waals surface area (Å²) in [6.45, 7) is 5.85. The van der Waals surface area contributed by atoms with Gasteiger partial charge >= 0.3 is 0 Å². The lowest BCUT2D eigenvalue weighted by Crippen LogP contribution is -2.26. The Labute approximate surface area is 153 Å². The van der Waals surface area contributed by atoms with Gasteiger partial charge in [-0.3, -0.25) is 9.78 Å². The third-order valence-electron chi connectivity index (χ3n) is 4.35. The van der Waals surface area contributed by atoms with Gasteiger partial charge in [0.1, 0.15) is 5.75 Å². The summed E-state index contributed by atoms with van der Waals surface area (Å²) in [5.74, 6) is -0.166. The number of nitrogens with one attached hydrogen (secondary N) is 1. The van der Waals surface area contributed by atoms with Crippen LogP contribution in [-0.4, -0.2) is 16.0 Å². The smallest absolute Gasteiger partial charge is 0.251 e. The number of phenols is 1. The van der Waals surface area contributed by atoms with Crippen molar-refractivity contribution in [3.05, 3.63) is 83.2 Å². The van der Waals surface area contributed by atoms with Gasteiger partial charge in [-0.05, 0) is 61.7 Å². The number of amides is 1. The van der Waals surface area contributed by atoms with Gasteiger partial charge in [-0.2, -0.15) is 0 Å². The zero-order valence-corrected chi connectivity index (χ0v) is 15.2. The number of hydrogen-bond donors (Lipinski definition) is 2. The first-order valence-corrected chi connectivity index (χ1v) is 8.57. The van der Waals surface area contributed by atoms with Crippen molar-refractivity contribution in [1.82, 2.24) is 10.3 Å². The molecule has 1 heterocycles. The van der Waals surface area contributed by atoms with Crippen LogP contribution >= 0.6 is 0 Å². The van der Waals surface area contributed by atoms with Gasteiger partial charge in [0.25, 0.3) is 5.91 Å². The number of pyridine rings is 1. The van der Waals surface area contributed by atoms with Crippen LogP contribution in [0.1, 0.15) is 40.1 Å². The molecule has 1 amide bonds. The highest BCUT2D eigenvalue weighted by molar-refractivity contribution is 5.96. The molecule has 1 aromatic heterocycles. The monoisotopic (exact) mass is 346 g/mol. The molecule has 0 aliphatic carbocycles. The largest absolute Gasteiger partial charge is 0.508 e. The SMILES string of the molecule is Cc1ccc(-c2cc(O)cc(C(=O)N[C@H](C)c3ccc(C)nc3)c2)cc1. The molecule has 0 bridgehead atoms. The number of benzene rings is 2. The van der Waals surface area contributed by atoms with E-state index in [1.165, 1.54) is 6.07 Å². The fraction of sp³-hybridized carbons (Fsp3) is 0.182. The molecule has 0 saturated heterocycles. The van der Waals surface area contributed by atoms with E-state index < -0.39 is 0 Å². The van der Waals surface area contributed by atoms with Gasteiger partial charge in [-0.15, -0.1) is 0 Å². The predicted octanol–water partition coefficient (Wildman–Crippen LogP) is 4.56. The Kier molecular flexibility index (Phi) is 5.03. The van der Waals surface area contributed by atoms with E-state index >= 15 is 0 Å². The lowest BCUT2D eigenvalue weighted by Gasteiger charge is -2.15. The molecule has 26 heavy (non-hydrogen) atoms. The van der Waals surface area contributed by atoms with Crippen LogP contribution in [0.2, 0.25) is 0 Å². The maximum absolute atomic E-state index is 12.6. The van der Waals surface area contributed by atoms with Crippen molar-refractivity contribution in [2.45, 2.75) is 26.8 Å². The van der Waals surface area contributed by atoms with E-state index in [-0.39, 0.29) is 17.7 Å². The highest BCUT2D eigenvalue weighted by Crippen LogP contribution is 2.26. The molecule has 2 N–H and O–H groups in total. The number of hydrogen-bond acceptors (Lipinski definition) is 3. The molecule has 0 aliphatic rings. The predicted molar refractivity (Wildman–Crippen MR) is 103 cm³/mol. The molecule has 132 valence electrons. The Balaban J connectivity index is 1.83. The maximum Gasteiger partial charge on any atom is 0.251 e. The maximum atomic E-state index is 12.6. The molecule has 0 aliphatic heterocycles. The molecule has 0 saturated carbocycles. The quantitative estimate of drug-likeness (QED) is 0.728. The lowest BCUT2D eigenvalue weighted by molar-refractivity contribution is 0.0939. The van der Waals surface area contributed by atoms with E-state index in [2.05, 4.69) is 10.3 Å². The van der Waals surface area contributed by atoms with Crippen LogP contribution in [-0.2, 0) is 0 Å². The van der Waals surface area contributed by atoms with Gasteiger partial charge in [-0.1, -0.05) is 35.9 Å². The number of carbonyl (C=O) groups excluding carboxylic acids is 1. The summed E-state index contributed by atoms with van der Waals surface area (Å²) in [6.07, 6.45) is 1.76. The summed E-state index contributed by atoms with van der Waals surface area (Å²) in [5, 5.41) is 13.0. The topological polar surface area (TPSA) is 62.2 Å². The molecule has 1 atom stereocenters. The molecular formula is C22H22N2O2. The lowest BCUT2D eigenvalue weighted by atomic mass is 10.0. The number of nitrogens with zero attached hydrogens (tertiary/aromatic N) is 1. The average Bonchev–Trinajstić information content (AvgIpc) is 2.62.